The molecule has 18 heavy (non-hydrogen) atoms. The topological polar surface area (TPSA) is 17.1 Å². The number of rotatable bonds is 6. The number of hydrogen-bond donors (Lipinski definition) is 0. The molecule has 1 nitrogen and oxygen atoms in total. The van der Waals surface area contributed by atoms with Crippen LogP contribution < -0.4 is 0 Å². The van der Waals surface area contributed by atoms with Crippen LogP contribution in [0, 0.1) is 0 Å². The molecule has 0 unspecified atom stereocenters. The first-order valence-corrected chi connectivity index (χ1v) is 7.17. The molecular weight excluding hydrogens is 240 g/mol. The van der Waals surface area contributed by atoms with E-state index in [0.717, 1.165) is 11.3 Å². The van der Waals surface area contributed by atoms with Crippen LogP contribution >= 0.6 is 11.8 Å². The van der Waals surface area contributed by atoms with Crippen LogP contribution in [-0.4, -0.2) is 11.5 Å². The SMILES string of the molecule is O=C(CSCc1ccccc1)Cc1ccccc1. The zero-order valence-electron chi connectivity index (χ0n) is 10.2. The molecule has 92 valence electrons. The molecule has 2 rings (SSSR count). The molecular formula is C16H16OS. The number of hydrogen-bond acceptors (Lipinski definition) is 2. The van der Waals surface area contributed by atoms with Gasteiger partial charge in [0.25, 0.3) is 0 Å². The smallest absolute Gasteiger partial charge is 0.147 e. The van der Waals surface area contributed by atoms with Crippen molar-refractivity contribution in [2.75, 3.05) is 5.75 Å². The summed E-state index contributed by atoms with van der Waals surface area (Å²) in [5.41, 5.74) is 2.37. The van der Waals surface area contributed by atoms with Crippen LogP contribution in [0.3, 0.4) is 0 Å². The van der Waals surface area contributed by atoms with Crippen LogP contribution in [-0.2, 0) is 17.0 Å². The molecule has 0 saturated carbocycles. The molecule has 0 aromatic heterocycles. The summed E-state index contributed by atoms with van der Waals surface area (Å²) in [5, 5.41) is 0. The van der Waals surface area contributed by atoms with Crippen molar-refractivity contribution >= 4 is 17.5 Å². The second-order valence-corrected chi connectivity index (χ2v) is 5.17. The summed E-state index contributed by atoms with van der Waals surface area (Å²) < 4.78 is 0. The van der Waals surface area contributed by atoms with Crippen molar-refractivity contribution in [2.24, 2.45) is 0 Å². The quantitative estimate of drug-likeness (QED) is 0.783. The first-order valence-electron chi connectivity index (χ1n) is 6.02. The molecule has 0 aliphatic heterocycles. The second kappa shape index (κ2) is 7.02. The average Bonchev–Trinajstić information content (AvgIpc) is 2.41. The molecule has 2 aromatic carbocycles. The van der Waals surface area contributed by atoms with Crippen LogP contribution in [0.15, 0.2) is 60.7 Å². The summed E-state index contributed by atoms with van der Waals surface area (Å²) in [7, 11) is 0. The third-order valence-corrected chi connectivity index (χ3v) is 3.68. The van der Waals surface area contributed by atoms with E-state index >= 15 is 0 Å². The van der Waals surface area contributed by atoms with Crippen LogP contribution in [0.1, 0.15) is 11.1 Å². The van der Waals surface area contributed by atoms with Crippen molar-refractivity contribution in [3.63, 3.8) is 0 Å². The highest BCUT2D eigenvalue weighted by molar-refractivity contribution is 7.99. The number of carbonyl (C=O) groups excluding carboxylic acids is 1. The van der Waals surface area contributed by atoms with Crippen LogP contribution in [0.5, 0.6) is 0 Å². The molecule has 0 spiro atoms. The van der Waals surface area contributed by atoms with Crippen molar-refractivity contribution in [1.29, 1.82) is 0 Å². The molecule has 0 N–H and O–H groups in total. The maximum atomic E-state index is 11.8. The van der Waals surface area contributed by atoms with E-state index in [-0.39, 0.29) is 0 Å². The summed E-state index contributed by atoms with van der Waals surface area (Å²) in [5.74, 6) is 1.78. The number of ketones is 1. The molecule has 0 bridgehead atoms. The summed E-state index contributed by atoms with van der Waals surface area (Å²) in [6, 6.07) is 20.2. The van der Waals surface area contributed by atoms with Gasteiger partial charge in [0.15, 0.2) is 0 Å². The monoisotopic (exact) mass is 256 g/mol. The minimum absolute atomic E-state index is 0.294. The van der Waals surface area contributed by atoms with Gasteiger partial charge in [0.05, 0.1) is 5.75 Å². The fourth-order valence-corrected chi connectivity index (χ4v) is 2.59. The van der Waals surface area contributed by atoms with Crippen molar-refractivity contribution < 1.29 is 4.79 Å². The second-order valence-electron chi connectivity index (χ2n) is 4.18. The Balaban J connectivity index is 1.73. The van der Waals surface area contributed by atoms with E-state index in [0.29, 0.717) is 18.0 Å². The van der Waals surface area contributed by atoms with Gasteiger partial charge in [0, 0.05) is 12.2 Å². The minimum Gasteiger partial charge on any atom is -0.298 e. The normalized spacial score (nSPS) is 10.2. The lowest BCUT2D eigenvalue weighted by atomic mass is 10.1. The predicted octanol–water partition coefficient (Wildman–Crippen LogP) is 3.73. The molecule has 2 heteroatoms. The van der Waals surface area contributed by atoms with Gasteiger partial charge in [0.1, 0.15) is 5.78 Å². The highest BCUT2D eigenvalue weighted by atomic mass is 32.2. The fourth-order valence-electron chi connectivity index (χ4n) is 1.73. The van der Waals surface area contributed by atoms with E-state index in [1.807, 2.05) is 48.5 Å². The van der Waals surface area contributed by atoms with Gasteiger partial charge in [-0.3, -0.25) is 4.79 Å². The Morgan fingerprint density at radius 2 is 1.39 bits per heavy atom. The molecule has 2 aromatic rings. The summed E-state index contributed by atoms with van der Waals surface area (Å²) in [6.07, 6.45) is 0.544. The molecule has 0 heterocycles. The van der Waals surface area contributed by atoms with E-state index in [1.165, 1.54) is 5.56 Å². The van der Waals surface area contributed by atoms with E-state index in [4.69, 9.17) is 0 Å². The molecule has 0 aliphatic rings. The van der Waals surface area contributed by atoms with Gasteiger partial charge in [-0.25, -0.2) is 0 Å². The highest BCUT2D eigenvalue weighted by Gasteiger charge is 2.03. The summed E-state index contributed by atoms with van der Waals surface area (Å²) >= 11 is 1.68. The van der Waals surface area contributed by atoms with E-state index in [1.54, 1.807) is 11.8 Å². The van der Waals surface area contributed by atoms with Crippen molar-refractivity contribution in [1.82, 2.24) is 0 Å². The third-order valence-electron chi connectivity index (χ3n) is 2.62. The average molecular weight is 256 g/mol. The van der Waals surface area contributed by atoms with Gasteiger partial charge in [-0.2, -0.15) is 0 Å². The Morgan fingerprint density at radius 3 is 2.00 bits per heavy atom. The molecule has 0 amide bonds. The van der Waals surface area contributed by atoms with Gasteiger partial charge in [0.2, 0.25) is 0 Å². The summed E-state index contributed by atoms with van der Waals surface area (Å²) in [6.45, 7) is 0. The van der Waals surface area contributed by atoms with E-state index in [2.05, 4.69) is 12.1 Å². The Morgan fingerprint density at radius 1 is 0.833 bits per heavy atom. The Labute approximate surface area is 112 Å². The van der Waals surface area contributed by atoms with Gasteiger partial charge < -0.3 is 0 Å². The molecule has 0 saturated heterocycles. The minimum atomic E-state index is 0.294. The van der Waals surface area contributed by atoms with Gasteiger partial charge in [-0.1, -0.05) is 60.7 Å². The predicted molar refractivity (Wildman–Crippen MR) is 77.8 cm³/mol. The Bertz CT molecular complexity index is 479. The Hall–Kier alpha value is -1.54. The van der Waals surface area contributed by atoms with Crippen LogP contribution in [0.25, 0.3) is 0 Å². The zero-order valence-corrected chi connectivity index (χ0v) is 11.0. The van der Waals surface area contributed by atoms with Gasteiger partial charge in [-0.05, 0) is 11.1 Å². The number of Topliss-reactive ketones (excluding diaryl/α,β-unsaturated/α-hetero) is 1. The Kier molecular flexibility index (Phi) is 5.03. The molecule has 0 fully saturated rings. The first-order chi connectivity index (χ1) is 8.84. The lowest BCUT2D eigenvalue weighted by Gasteiger charge is -2.02. The van der Waals surface area contributed by atoms with Crippen molar-refractivity contribution in [2.45, 2.75) is 12.2 Å². The molecule has 0 atom stereocenters. The van der Waals surface area contributed by atoms with E-state index in [9.17, 15) is 4.79 Å². The first kappa shape index (κ1) is 12.9. The van der Waals surface area contributed by atoms with Crippen molar-refractivity contribution in [3.8, 4) is 0 Å². The highest BCUT2D eigenvalue weighted by Crippen LogP contribution is 2.12. The van der Waals surface area contributed by atoms with Gasteiger partial charge in [-0.15, -0.1) is 11.8 Å². The largest absolute Gasteiger partial charge is 0.298 e. The fraction of sp³-hybridized carbons (Fsp3) is 0.188. The summed E-state index contributed by atoms with van der Waals surface area (Å²) in [4.78, 5) is 11.8. The van der Waals surface area contributed by atoms with Gasteiger partial charge >= 0.3 is 0 Å². The van der Waals surface area contributed by atoms with Crippen LogP contribution in [0.2, 0.25) is 0 Å². The lowest BCUT2D eigenvalue weighted by Crippen LogP contribution is -2.05. The molecule has 0 aliphatic carbocycles. The third kappa shape index (κ3) is 4.38. The van der Waals surface area contributed by atoms with E-state index < -0.39 is 0 Å². The zero-order chi connectivity index (χ0) is 12.6. The molecule has 0 radical (unpaired) electrons. The number of carbonyl (C=O) groups is 1. The number of benzene rings is 2. The maximum absolute atomic E-state index is 11.8. The maximum Gasteiger partial charge on any atom is 0.147 e. The number of thioether (sulfide) groups is 1. The lowest BCUT2D eigenvalue weighted by molar-refractivity contribution is -0.116. The van der Waals surface area contributed by atoms with Crippen molar-refractivity contribution in [3.05, 3.63) is 71.8 Å². The standard InChI is InChI=1S/C16H16OS/c17-16(11-14-7-3-1-4-8-14)13-18-12-15-9-5-2-6-10-15/h1-10H,11-13H2. The van der Waals surface area contributed by atoms with Crippen LogP contribution in [0.4, 0.5) is 0 Å².